The fourth-order valence-electron chi connectivity index (χ4n) is 3.62. The highest BCUT2D eigenvalue weighted by molar-refractivity contribution is 8.00. The molecule has 0 saturated carbocycles. The Morgan fingerprint density at radius 1 is 0.688 bits per heavy atom. The number of aromatic nitrogens is 2. The second-order valence-corrected chi connectivity index (χ2v) is 9.33. The minimum atomic E-state index is -3.79. The Labute approximate surface area is 186 Å². The number of imidazole rings is 1. The van der Waals surface area contributed by atoms with E-state index in [0.717, 1.165) is 27.7 Å². The van der Waals surface area contributed by atoms with Crippen molar-refractivity contribution < 1.29 is 8.42 Å². The highest BCUT2D eigenvalue weighted by Gasteiger charge is 2.25. The lowest BCUT2D eigenvalue weighted by molar-refractivity contribution is 0.606. The van der Waals surface area contributed by atoms with Crippen LogP contribution in [0, 0.1) is 0 Å². The molecule has 4 nitrogen and oxygen atoms in total. The largest absolute Gasteiger partial charge is 0.337 e. The number of nitrogens with one attached hydrogen (secondary N) is 1. The van der Waals surface area contributed by atoms with Crippen molar-refractivity contribution in [2.24, 2.45) is 0 Å². The van der Waals surface area contributed by atoms with Gasteiger partial charge in [-0.15, -0.1) is 0 Å². The van der Waals surface area contributed by atoms with Crippen LogP contribution in [0.15, 0.2) is 114 Å². The Hall–Kier alpha value is -3.96. The minimum absolute atomic E-state index is 0.132. The Kier molecular flexibility index (Phi) is 5.17. The number of para-hydroxylation sites is 2. The molecule has 0 radical (unpaired) electrons. The van der Waals surface area contributed by atoms with E-state index in [1.165, 1.54) is 0 Å². The van der Waals surface area contributed by atoms with Crippen LogP contribution in [0.4, 0.5) is 0 Å². The molecule has 1 aromatic heterocycles. The topological polar surface area (TPSA) is 62.8 Å². The van der Waals surface area contributed by atoms with E-state index in [2.05, 4.69) is 9.97 Å². The van der Waals surface area contributed by atoms with Crippen LogP contribution in [0.3, 0.4) is 0 Å². The van der Waals surface area contributed by atoms with Crippen LogP contribution < -0.4 is 0 Å². The third kappa shape index (κ3) is 3.86. The molecule has 1 heterocycles. The number of aromatic amines is 1. The van der Waals surface area contributed by atoms with Gasteiger partial charge in [-0.1, -0.05) is 84.9 Å². The molecular weight excluding hydrogens is 416 g/mol. The zero-order chi connectivity index (χ0) is 22.0. The first-order valence-corrected chi connectivity index (χ1v) is 11.7. The van der Waals surface area contributed by atoms with Crippen molar-refractivity contribution in [3.05, 3.63) is 121 Å². The van der Waals surface area contributed by atoms with Crippen LogP contribution in [0.2, 0.25) is 0 Å². The molecule has 156 valence electrons. The first kappa shape index (κ1) is 20.0. The average Bonchev–Trinajstić information content (AvgIpc) is 3.28. The maximum atomic E-state index is 13.6. The van der Waals surface area contributed by atoms with Gasteiger partial charge < -0.3 is 4.98 Å². The summed E-state index contributed by atoms with van der Waals surface area (Å²) in [5.41, 5.74) is 4.46. The van der Waals surface area contributed by atoms with E-state index in [1.54, 1.807) is 36.4 Å². The van der Waals surface area contributed by atoms with E-state index in [1.807, 2.05) is 78.9 Å². The van der Waals surface area contributed by atoms with Gasteiger partial charge in [0.1, 0.15) is 10.7 Å². The van der Waals surface area contributed by atoms with Crippen LogP contribution in [-0.2, 0) is 9.84 Å². The van der Waals surface area contributed by atoms with E-state index in [-0.39, 0.29) is 9.80 Å². The molecule has 0 fully saturated rings. The molecule has 0 aliphatic rings. The summed E-state index contributed by atoms with van der Waals surface area (Å²) < 4.78 is 27.1. The van der Waals surface area contributed by atoms with Crippen molar-refractivity contribution in [1.29, 1.82) is 0 Å². The first-order valence-electron chi connectivity index (χ1n) is 10.2. The summed E-state index contributed by atoms with van der Waals surface area (Å²) >= 11 is 0. The van der Waals surface area contributed by atoms with Crippen LogP contribution in [0.5, 0.6) is 0 Å². The molecule has 1 N–H and O–H groups in total. The standard InChI is InChI=1S/C27H20N2O2S/c30-32(31,23-11-5-2-6-12-23)26(27-28-24-13-7-8-14-25(24)29-27)19-20-15-17-22(18-16-20)21-9-3-1-4-10-21/h1-19H,(H,28,29). The Bertz CT molecular complexity index is 1470. The lowest BCUT2D eigenvalue weighted by Crippen LogP contribution is -2.05. The normalized spacial score (nSPS) is 12.2. The van der Waals surface area contributed by atoms with E-state index in [4.69, 9.17) is 0 Å². The highest BCUT2D eigenvalue weighted by atomic mass is 32.2. The lowest BCUT2D eigenvalue weighted by atomic mass is 10.0. The van der Waals surface area contributed by atoms with Gasteiger partial charge in [-0.2, -0.15) is 0 Å². The molecule has 0 saturated heterocycles. The van der Waals surface area contributed by atoms with Crippen molar-refractivity contribution >= 4 is 31.9 Å². The van der Waals surface area contributed by atoms with Crippen molar-refractivity contribution in [3.63, 3.8) is 0 Å². The molecule has 0 aliphatic carbocycles. The van der Waals surface area contributed by atoms with Gasteiger partial charge in [-0.3, -0.25) is 0 Å². The number of hydrogen-bond donors (Lipinski definition) is 1. The fraction of sp³-hybridized carbons (Fsp3) is 0. The first-order chi connectivity index (χ1) is 15.6. The molecule has 4 aromatic carbocycles. The van der Waals surface area contributed by atoms with Gasteiger partial charge in [0.05, 0.1) is 15.9 Å². The second-order valence-electron chi connectivity index (χ2n) is 7.42. The SMILES string of the molecule is O=S(=O)(C(=Cc1ccc(-c2ccccc2)cc1)c1nc2ccccc2[nH]1)c1ccccc1. The molecule has 0 bridgehead atoms. The van der Waals surface area contributed by atoms with Crippen molar-refractivity contribution in [2.45, 2.75) is 4.90 Å². The van der Waals surface area contributed by atoms with E-state index < -0.39 is 9.84 Å². The highest BCUT2D eigenvalue weighted by Crippen LogP contribution is 2.30. The number of benzene rings is 4. The number of fused-ring (bicyclic) bond motifs is 1. The summed E-state index contributed by atoms with van der Waals surface area (Å²) in [5.74, 6) is 0.321. The molecular formula is C27H20N2O2S. The number of sulfone groups is 1. The molecule has 32 heavy (non-hydrogen) atoms. The summed E-state index contributed by atoms with van der Waals surface area (Å²) in [5, 5.41) is 0. The molecule has 5 rings (SSSR count). The van der Waals surface area contributed by atoms with Crippen LogP contribution in [-0.4, -0.2) is 18.4 Å². The van der Waals surface area contributed by atoms with E-state index in [9.17, 15) is 8.42 Å². The van der Waals surface area contributed by atoms with Crippen LogP contribution in [0.25, 0.3) is 33.1 Å². The van der Waals surface area contributed by atoms with E-state index >= 15 is 0 Å². The predicted octanol–water partition coefficient (Wildman–Crippen LogP) is 6.20. The van der Waals surface area contributed by atoms with Gasteiger partial charge in [-0.25, -0.2) is 13.4 Å². The maximum absolute atomic E-state index is 13.6. The Balaban J connectivity index is 1.63. The zero-order valence-corrected chi connectivity index (χ0v) is 18.0. The molecule has 0 unspecified atom stereocenters. The summed E-state index contributed by atoms with van der Waals surface area (Å²) in [7, 11) is -3.79. The van der Waals surface area contributed by atoms with Crippen molar-refractivity contribution in [3.8, 4) is 11.1 Å². The summed E-state index contributed by atoms with van der Waals surface area (Å²) in [4.78, 5) is 8.09. The van der Waals surface area contributed by atoms with Gasteiger partial charge in [0.15, 0.2) is 0 Å². The minimum Gasteiger partial charge on any atom is -0.337 e. The smallest absolute Gasteiger partial charge is 0.210 e. The Morgan fingerprint density at radius 2 is 1.28 bits per heavy atom. The lowest BCUT2D eigenvalue weighted by Gasteiger charge is -2.08. The monoisotopic (exact) mass is 436 g/mol. The van der Waals surface area contributed by atoms with Crippen LogP contribution in [0.1, 0.15) is 11.4 Å². The fourth-order valence-corrected chi connectivity index (χ4v) is 5.03. The average molecular weight is 437 g/mol. The number of H-pyrrole nitrogens is 1. The number of nitrogens with zero attached hydrogens (tertiary/aromatic N) is 1. The number of hydrogen-bond acceptors (Lipinski definition) is 3. The van der Waals surface area contributed by atoms with Crippen LogP contribution >= 0.6 is 0 Å². The van der Waals surface area contributed by atoms with Gasteiger partial charge >= 0.3 is 0 Å². The maximum Gasteiger partial charge on any atom is 0.210 e. The third-order valence-corrected chi connectivity index (χ3v) is 7.06. The van der Waals surface area contributed by atoms with Crippen molar-refractivity contribution in [1.82, 2.24) is 9.97 Å². The molecule has 5 aromatic rings. The van der Waals surface area contributed by atoms with Gasteiger partial charge in [-0.05, 0) is 47.0 Å². The predicted molar refractivity (Wildman–Crippen MR) is 129 cm³/mol. The van der Waals surface area contributed by atoms with E-state index in [0.29, 0.717) is 5.82 Å². The van der Waals surface area contributed by atoms with Gasteiger partial charge in [0, 0.05) is 0 Å². The molecule has 0 aliphatic heterocycles. The zero-order valence-electron chi connectivity index (χ0n) is 17.1. The molecule has 0 atom stereocenters. The molecule has 0 amide bonds. The van der Waals surface area contributed by atoms with Crippen molar-refractivity contribution in [2.75, 3.05) is 0 Å². The summed E-state index contributed by atoms with van der Waals surface area (Å²) in [6, 6.07) is 33.8. The third-order valence-electron chi connectivity index (χ3n) is 5.28. The number of rotatable bonds is 5. The van der Waals surface area contributed by atoms with Gasteiger partial charge in [0.2, 0.25) is 9.84 Å². The summed E-state index contributed by atoms with van der Waals surface area (Å²) in [6.45, 7) is 0. The summed E-state index contributed by atoms with van der Waals surface area (Å²) in [6.07, 6.45) is 1.68. The second kappa shape index (κ2) is 8.29. The Morgan fingerprint density at radius 3 is 1.97 bits per heavy atom. The quantitative estimate of drug-likeness (QED) is 0.357. The molecule has 5 heteroatoms. The molecule has 0 spiro atoms. The van der Waals surface area contributed by atoms with Gasteiger partial charge in [0.25, 0.3) is 0 Å².